The van der Waals surface area contributed by atoms with Gasteiger partial charge in [0.15, 0.2) is 5.78 Å². The zero-order chi connectivity index (χ0) is 16.4. The Morgan fingerprint density at radius 2 is 2.26 bits per heavy atom. The van der Waals surface area contributed by atoms with Crippen LogP contribution in [0, 0.1) is 5.82 Å². The number of benzene rings is 1. The molecule has 2 atom stereocenters. The number of fused-ring (bicyclic) bond motifs is 1. The van der Waals surface area contributed by atoms with Crippen LogP contribution in [0.1, 0.15) is 40.4 Å². The van der Waals surface area contributed by atoms with E-state index in [0.717, 1.165) is 5.56 Å². The molecule has 2 N–H and O–H groups in total. The lowest BCUT2D eigenvalue weighted by Gasteiger charge is -2.28. The Kier molecular flexibility index (Phi) is 4.84. The second-order valence-corrected chi connectivity index (χ2v) is 6.49. The molecule has 3 rings (SSSR count). The molecular weight excluding hydrogens is 363 g/mol. The summed E-state index contributed by atoms with van der Waals surface area (Å²) in [6.07, 6.45) is 1.62. The Labute approximate surface area is 141 Å². The quantitative estimate of drug-likeness (QED) is 0.802. The molecule has 1 aromatic heterocycles. The van der Waals surface area contributed by atoms with E-state index in [1.165, 1.54) is 6.07 Å². The van der Waals surface area contributed by atoms with Gasteiger partial charge in [0.1, 0.15) is 17.7 Å². The molecule has 1 aliphatic carbocycles. The van der Waals surface area contributed by atoms with Gasteiger partial charge in [-0.3, -0.25) is 15.1 Å². The monoisotopic (exact) mass is 378 g/mol. The fourth-order valence-corrected chi connectivity index (χ4v) is 3.19. The van der Waals surface area contributed by atoms with Crippen molar-refractivity contribution in [2.45, 2.75) is 31.5 Å². The topological polar surface area (TPSA) is 62.2 Å². The second kappa shape index (κ2) is 6.86. The van der Waals surface area contributed by atoms with E-state index in [9.17, 15) is 14.3 Å². The van der Waals surface area contributed by atoms with Crippen LogP contribution in [0.25, 0.3) is 0 Å². The Hall–Kier alpha value is -1.63. The number of aromatic nitrogens is 1. The maximum absolute atomic E-state index is 13.8. The van der Waals surface area contributed by atoms with Gasteiger partial charge in [0, 0.05) is 35.1 Å². The molecule has 0 saturated heterocycles. The second-order valence-electron chi connectivity index (χ2n) is 5.57. The van der Waals surface area contributed by atoms with Crippen molar-refractivity contribution in [1.29, 1.82) is 0 Å². The van der Waals surface area contributed by atoms with E-state index < -0.39 is 6.23 Å². The van der Waals surface area contributed by atoms with Gasteiger partial charge in [0.2, 0.25) is 0 Å². The number of pyridine rings is 1. The van der Waals surface area contributed by atoms with Crippen molar-refractivity contribution in [2.75, 3.05) is 0 Å². The van der Waals surface area contributed by atoms with Gasteiger partial charge in [0.25, 0.3) is 0 Å². The van der Waals surface area contributed by atoms with Crippen molar-refractivity contribution in [2.24, 2.45) is 0 Å². The zero-order valence-corrected chi connectivity index (χ0v) is 13.9. The number of Topliss-reactive ketones (excluding diaryl/α,β-unsaturated/α-hetero) is 1. The summed E-state index contributed by atoms with van der Waals surface area (Å²) >= 11 is 3.21. The van der Waals surface area contributed by atoms with Gasteiger partial charge in [-0.25, -0.2) is 4.39 Å². The van der Waals surface area contributed by atoms with Crippen LogP contribution in [0.15, 0.2) is 41.0 Å². The van der Waals surface area contributed by atoms with Gasteiger partial charge < -0.3 is 5.11 Å². The number of halogens is 2. The number of hydrogen-bond donors (Lipinski definition) is 2. The molecule has 0 radical (unpaired) electrons. The lowest BCUT2D eigenvalue weighted by molar-refractivity contribution is 0.0839. The van der Waals surface area contributed by atoms with Gasteiger partial charge >= 0.3 is 0 Å². The molecule has 2 unspecified atom stereocenters. The maximum atomic E-state index is 13.8. The first-order valence-corrected chi connectivity index (χ1v) is 8.19. The Morgan fingerprint density at radius 3 is 3.04 bits per heavy atom. The number of hydrogen-bond acceptors (Lipinski definition) is 4. The highest BCUT2D eigenvalue weighted by Crippen LogP contribution is 2.32. The van der Waals surface area contributed by atoms with Crippen molar-refractivity contribution in [3.8, 4) is 0 Å². The fraction of sp³-hybridized carbons (Fsp3) is 0.294. The molecule has 0 fully saturated rings. The first-order valence-electron chi connectivity index (χ1n) is 7.40. The van der Waals surface area contributed by atoms with Crippen LogP contribution in [-0.2, 0) is 6.54 Å². The van der Waals surface area contributed by atoms with E-state index in [1.807, 2.05) is 6.07 Å². The number of nitrogens with zero attached hydrogens (tertiary/aromatic N) is 1. The molecular formula is C17H16BrFN2O2. The first kappa shape index (κ1) is 16.2. The van der Waals surface area contributed by atoms with Crippen molar-refractivity contribution in [1.82, 2.24) is 10.3 Å². The number of aliphatic hydroxyl groups is 1. The summed E-state index contributed by atoms with van der Waals surface area (Å²) < 4.78 is 14.5. The number of nitrogens with one attached hydrogen (secondary N) is 1. The molecule has 0 aliphatic heterocycles. The number of ketones is 1. The van der Waals surface area contributed by atoms with Gasteiger partial charge in [-0.15, -0.1) is 0 Å². The first-order chi connectivity index (χ1) is 11.1. The van der Waals surface area contributed by atoms with E-state index in [0.29, 0.717) is 28.6 Å². The highest BCUT2D eigenvalue weighted by Gasteiger charge is 2.31. The third-order valence-corrected chi connectivity index (χ3v) is 4.58. The summed E-state index contributed by atoms with van der Waals surface area (Å²) in [5.41, 5.74) is 1.66. The highest BCUT2D eigenvalue weighted by atomic mass is 79.9. The smallest absolute Gasteiger partial charge is 0.181 e. The Bertz CT molecular complexity index is 738. The lowest BCUT2D eigenvalue weighted by atomic mass is 9.83. The number of carbonyl (C=O) groups excluding carboxylic acids is 1. The SMILES string of the molecule is O=C1CCC(C(O)NCc2ccc(Br)cc2F)c2cccnc21. The standard InChI is InChI=1S/C17H16BrFN2O2/c18-11-4-3-10(14(19)8-11)9-21-17(23)13-5-6-15(22)16-12(13)2-1-7-20-16/h1-4,7-8,13,17,21,23H,5-6,9H2. The highest BCUT2D eigenvalue weighted by molar-refractivity contribution is 9.10. The molecule has 2 aromatic rings. The van der Waals surface area contributed by atoms with Crippen LogP contribution in [0.4, 0.5) is 4.39 Å². The summed E-state index contributed by atoms with van der Waals surface area (Å²) in [4.78, 5) is 16.0. The summed E-state index contributed by atoms with van der Waals surface area (Å²) in [5, 5.41) is 13.4. The van der Waals surface area contributed by atoms with Crippen LogP contribution in [0.5, 0.6) is 0 Å². The van der Waals surface area contributed by atoms with Crippen LogP contribution < -0.4 is 5.32 Å². The van der Waals surface area contributed by atoms with Crippen molar-refractivity contribution in [3.05, 3.63) is 63.6 Å². The van der Waals surface area contributed by atoms with Crippen LogP contribution in [0.3, 0.4) is 0 Å². The molecule has 0 spiro atoms. The lowest BCUT2D eigenvalue weighted by Crippen LogP contribution is -2.37. The fourth-order valence-electron chi connectivity index (χ4n) is 2.86. The molecule has 0 saturated carbocycles. The molecule has 4 nitrogen and oxygen atoms in total. The molecule has 1 aromatic carbocycles. The minimum atomic E-state index is -0.867. The molecule has 6 heteroatoms. The third kappa shape index (κ3) is 3.49. The van der Waals surface area contributed by atoms with Gasteiger partial charge in [-0.05, 0) is 30.2 Å². The molecule has 1 aliphatic rings. The van der Waals surface area contributed by atoms with Crippen molar-refractivity contribution >= 4 is 21.7 Å². The minimum Gasteiger partial charge on any atom is -0.378 e. The average molecular weight is 379 g/mol. The van der Waals surface area contributed by atoms with Crippen LogP contribution in [-0.4, -0.2) is 22.1 Å². The molecule has 0 bridgehead atoms. The van der Waals surface area contributed by atoms with Gasteiger partial charge in [-0.1, -0.05) is 28.1 Å². The number of rotatable bonds is 4. The van der Waals surface area contributed by atoms with Crippen LogP contribution in [0.2, 0.25) is 0 Å². The molecule has 120 valence electrons. The van der Waals surface area contributed by atoms with E-state index in [1.54, 1.807) is 24.4 Å². The summed E-state index contributed by atoms with van der Waals surface area (Å²) in [6.45, 7) is 0.209. The van der Waals surface area contributed by atoms with Gasteiger partial charge in [0.05, 0.1) is 0 Å². The largest absolute Gasteiger partial charge is 0.378 e. The predicted molar refractivity (Wildman–Crippen MR) is 87.5 cm³/mol. The van der Waals surface area contributed by atoms with Crippen LogP contribution >= 0.6 is 15.9 Å². The molecule has 0 amide bonds. The van der Waals surface area contributed by atoms with E-state index in [-0.39, 0.29) is 24.1 Å². The van der Waals surface area contributed by atoms with E-state index >= 15 is 0 Å². The normalized spacial score (nSPS) is 18.6. The average Bonchev–Trinajstić information content (AvgIpc) is 2.54. The van der Waals surface area contributed by atoms with E-state index in [4.69, 9.17) is 0 Å². The zero-order valence-electron chi connectivity index (χ0n) is 12.3. The Morgan fingerprint density at radius 1 is 1.43 bits per heavy atom. The van der Waals surface area contributed by atoms with Gasteiger partial charge in [-0.2, -0.15) is 0 Å². The predicted octanol–water partition coefficient (Wildman–Crippen LogP) is 3.15. The summed E-state index contributed by atoms with van der Waals surface area (Å²) in [6, 6.07) is 8.38. The molecule has 1 heterocycles. The Balaban J connectivity index is 1.73. The van der Waals surface area contributed by atoms with Crippen molar-refractivity contribution in [3.63, 3.8) is 0 Å². The van der Waals surface area contributed by atoms with E-state index in [2.05, 4.69) is 26.2 Å². The number of carbonyl (C=O) groups is 1. The summed E-state index contributed by atoms with van der Waals surface area (Å²) in [7, 11) is 0. The minimum absolute atomic E-state index is 0.00278. The third-order valence-electron chi connectivity index (χ3n) is 4.08. The summed E-state index contributed by atoms with van der Waals surface area (Å²) in [5.74, 6) is -0.558. The van der Waals surface area contributed by atoms with Crippen molar-refractivity contribution < 1.29 is 14.3 Å². The maximum Gasteiger partial charge on any atom is 0.181 e. The number of aliphatic hydroxyl groups excluding tert-OH is 1. The molecule has 23 heavy (non-hydrogen) atoms.